The molecule has 2 fully saturated rings. The summed E-state index contributed by atoms with van der Waals surface area (Å²) in [4.78, 5) is 28.3. The molecule has 164 valence electrons. The molecule has 0 spiro atoms. The minimum atomic E-state index is -0.231. The van der Waals surface area contributed by atoms with Gasteiger partial charge in [-0.1, -0.05) is 55.6 Å². The first-order chi connectivity index (χ1) is 15.0. The second-order valence-electron chi connectivity index (χ2n) is 8.95. The van der Waals surface area contributed by atoms with Gasteiger partial charge in [-0.15, -0.1) is 0 Å². The third-order valence-electron chi connectivity index (χ3n) is 6.81. The van der Waals surface area contributed by atoms with Crippen molar-refractivity contribution in [3.05, 3.63) is 64.7 Å². The minimum absolute atomic E-state index is 0.0265. The van der Waals surface area contributed by atoms with Crippen molar-refractivity contribution in [3.63, 3.8) is 0 Å². The lowest BCUT2D eigenvalue weighted by Crippen LogP contribution is -2.48. The van der Waals surface area contributed by atoms with Crippen molar-refractivity contribution in [2.75, 3.05) is 18.4 Å². The highest BCUT2D eigenvalue weighted by Crippen LogP contribution is 2.34. The van der Waals surface area contributed by atoms with Gasteiger partial charge in [-0.05, 0) is 61.1 Å². The molecule has 4 nitrogen and oxygen atoms in total. The van der Waals surface area contributed by atoms with E-state index < -0.39 is 0 Å². The smallest absolute Gasteiger partial charge is 0.229 e. The molecule has 1 saturated heterocycles. The highest BCUT2D eigenvalue weighted by Gasteiger charge is 2.37. The van der Waals surface area contributed by atoms with Gasteiger partial charge in [0.2, 0.25) is 11.8 Å². The summed E-state index contributed by atoms with van der Waals surface area (Å²) in [5.41, 5.74) is 3.25. The summed E-state index contributed by atoms with van der Waals surface area (Å²) >= 11 is 5.96. The lowest BCUT2D eigenvalue weighted by molar-refractivity contribution is -0.138. The fourth-order valence-corrected chi connectivity index (χ4v) is 5.07. The Balaban J connectivity index is 1.53. The Morgan fingerprint density at radius 2 is 1.65 bits per heavy atom. The van der Waals surface area contributed by atoms with Crippen molar-refractivity contribution in [1.82, 2.24) is 4.90 Å². The van der Waals surface area contributed by atoms with Gasteiger partial charge in [0.1, 0.15) is 0 Å². The number of benzene rings is 2. The van der Waals surface area contributed by atoms with E-state index in [0.29, 0.717) is 18.1 Å². The fourth-order valence-electron chi connectivity index (χ4n) is 4.94. The molecule has 1 aliphatic heterocycles. The summed E-state index contributed by atoms with van der Waals surface area (Å²) in [7, 11) is 0. The number of hydrogen-bond acceptors (Lipinski definition) is 2. The van der Waals surface area contributed by atoms with E-state index in [1.54, 1.807) is 12.1 Å². The molecule has 2 amide bonds. The van der Waals surface area contributed by atoms with Crippen LogP contribution in [0.5, 0.6) is 0 Å². The van der Waals surface area contributed by atoms with Crippen molar-refractivity contribution >= 4 is 29.1 Å². The number of rotatable bonds is 5. The van der Waals surface area contributed by atoms with Gasteiger partial charge >= 0.3 is 0 Å². The lowest BCUT2D eigenvalue weighted by Gasteiger charge is -2.38. The van der Waals surface area contributed by atoms with Crippen LogP contribution >= 0.6 is 11.6 Å². The predicted octanol–water partition coefficient (Wildman–Crippen LogP) is 5.66. The van der Waals surface area contributed by atoms with Crippen molar-refractivity contribution < 1.29 is 9.59 Å². The number of anilines is 1. The Bertz CT molecular complexity index is 904. The van der Waals surface area contributed by atoms with Gasteiger partial charge in [-0.25, -0.2) is 0 Å². The molecule has 1 heterocycles. The molecule has 2 unspecified atom stereocenters. The SMILES string of the molecule is CCc1ccc(C2CC(C(=O)Nc3ccc(Cl)cc3)CN(C(=O)C3CCCC3)C2)cc1. The van der Waals surface area contributed by atoms with Crippen molar-refractivity contribution in [1.29, 1.82) is 0 Å². The molecule has 2 aromatic rings. The molecule has 4 rings (SSSR count). The van der Waals surface area contributed by atoms with Crippen LogP contribution in [0.1, 0.15) is 56.1 Å². The van der Waals surface area contributed by atoms with Gasteiger partial charge in [-0.3, -0.25) is 9.59 Å². The molecule has 1 N–H and O–H groups in total. The maximum Gasteiger partial charge on any atom is 0.229 e. The van der Waals surface area contributed by atoms with Crippen LogP contribution in [0.4, 0.5) is 5.69 Å². The minimum Gasteiger partial charge on any atom is -0.341 e. The highest BCUT2D eigenvalue weighted by molar-refractivity contribution is 6.30. The number of aryl methyl sites for hydroxylation is 1. The average molecular weight is 439 g/mol. The lowest BCUT2D eigenvalue weighted by atomic mass is 9.83. The number of nitrogens with one attached hydrogen (secondary N) is 1. The standard InChI is InChI=1S/C26H31ClN2O2/c1-2-18-7-9-19(10-8-18)21-15-22(25(30)28-24-13-11-23(27)12-14-24)17-29(16-21)26(31)20-5-3-4-6-20/h7-14,20-22H,2-6,15-17H2,1H3,(H,28,30). The second-order valence-corrected chi connectivity index (χ2v) is 9.38. The fraction of sp³-hybridized carbons (Fsp3) is 0.462. The van der Waals surface area contributed by atoms with E-state index in [1.165, 1.54) is 11.1 Å². The summed E-state index contributed by atoms with van der Waals surface area (Å²) < 4.78 is 0. The number of halogens is 1. The summed E-state index contributed by atoms with van der Waals surface area (Å²) in [5.74, 6) is 0.274. The van der Waals surface area contributed by atoms with Gasteiger partial charge in [0, 0.05) is 35.6 Å². The highest BCUT2D eigenvalue weighted by atomic mass is 35.5. The Hall–Kier alpha value is -2.33. The monoisotopic (exact) mass is 438 g/mol. The van der Waals surface area contributed by atoms with E-state index in [2.05, 4.69) is 36.5 Å². The van der Waals surface area contributed by atoms with Gasteiger partial charge in [0.25, 0.3) is 0 Å². The zero-order valence-electron chi connectivity index (χ0n) is 18.1. The number of carbonyl (C=O) groups excluding carboxylic acids is 2. The van der Waals surface area contributed by atoms with Crippen molar-refractivity contribution in [2.45, 2.75) is 51.4 Å². The van der Waals surface area contributed by atoms with Crippen LogP contribution in [0.3, 0.4) is 0 Å². The third kappa shape index (κ3) is 5.30. The second kappa shape index (κ2) is 9.86. The van der Waals surface area contributed by atoms with E-state index in [4.69, 9.17) is 11.6 Å². The van der Waals surface area contributed by atoms with Crippen LogP contribution in [0.2, 0.25) is 5.02 Å². The zero-order valence-corrected chi connectivity index (χ0v) is 18.9. The Kier molecular flexibility index (Phi) is 6.96. The molecule has 31 heavy (non-hydrogen) atoms. The number of likely N-dealkylation sites (tertiary alicyclic amines) is 1. The van der Waals surface area contributed by atoms with Crippen molar-refractivity contribution in [3.8, 4) is 0 Å². The van der Waals surface area contributed by atoms with Crippen LogP contribution in [0.25, 0.3) is 0 Å². The molecule has 2 atom stereocenters. The molecular weight excluding hydrogens is 408 g/mol. The first kappa shape index (κ1) is 21.9. The Morgan fingerprint density at radius 1 is 0.968 bits per heavy atom. The molecule has 2 aromatic carbocycles. The van der Waals surface area contributed by atoms with Crippen LogP contribution in [0, 0.1) is 11.8 Å². The topological polar surface area (TPSA) is 49.4 Å². The van der Waals surface area contributed by atoms with Crippen LogP contribution < -0.4 is 5.32 Å². The summed E-state index contributed by atoms with van der Waals surface area (Å²) in [6.07, 6.45) is 5.97. The van der Waals surface area contributed by atoms with E-state index >= 15 is 0 Å². The third-order valence-corrected chi connectivity index (χ3v) is 7.06. The molecule has 1 saturated carbocycles. The molecule has 2 aliphatic rings. The maximum atomic E-state index is 13.2. The average Bonchev–Trinajstić information content (AvgIpc) is 3.35. The maximum absolute atomic E-state index is 13.2. The summed E-state index contributed by atoms with van der Waals surface area (Å²) in [5, 5.41) is 3.66. The normalized spacial score (nSPS) is 21.8. The van der Waals surface area contributed by atoms with Crippen LogP contribution in [0.15, 0.2) is 48.5 Å². The van der Waals surface area contributed by atoms with Crippen LogP contribution in [-0.2, 0) is 16.0 Å². The van der Waals surface area contributed by atoms with E-state index in [1.807, 2.05) is 17.0 Å². The number of nitrogens with zero attached hydrogens (tertiary/aromatic N) is 1. The summed E-state index contributed by atoms with van der Waals surface area (Å²) in [6.45, 7) is 3.35. The number of piperidine rings is 1. The van der Waals surface area contributed by atoms with E-state index in [0.717, 1.165) is 44.2 Å². The molecule has 0 aromatic heterocycles. The van der Waals surface area contributed by atoms with Gasteiger partial charge in [-0.2, -0.15) is 0 Å². The molecule has 0 bridgehead atoms. The van der Waals surface area contributed by atoms with E-state index in [-0.39, 0.29) is 29.6 Å². The zero-order chi connectivity index (χ0) is 21.8. The predicted molar refractivity (Wildman–Crippen MR) is 125 cm³/mol. The Morgan fingerprint density at radius 3 is 2.29 bits per heavy atom. The molecule has 1 aliphatic carbocycles. The quantitative estimate of drug-likeness (QED) is 0.654. The number of carbonyl (C=O) groups is 2. The van der Waals surface area contributed by atoms with E-state index in [9.17, 15) is 9.59 Å². The Labute approximate surface area is 190 Å². The molecule has 5 heteroatoms. The number of hydrogen-bond donors (Lipinski definition) is 1. The van der Waals surface area contributed by atoms with Crippen molar-refractivity contribution in [2.24, 2.45) is 11.8 Å². The molecular formula is C26H31ClN2O2. The van der Waals surface area contributed by atoms with Crippen LogP contribution in [-0.4, -0.2) is 29.8 Å². The van der Waals surface area contributed by atoms with Gasteiger partial charge < -0.3 is 10.2 Å². The summed E-state index contributed by atoms with van der Waals surface area (Å²) in [6, 6.07) is 15.8. The van der Waals surface area contributed by atoms with Gasteiger partial charge in [0.15, 0.2) is 0 Å². The first-order valence-corrected chi connectivity index (χ1v) is 11.9. The number of amides is 2. The first-order valence-electron chi connectivity index (χ1n) is 11.5. The largest absolute Gasteiger partial charge is 0.341 e. The van der Waals surface area contributed by atoms with Gasteiger partial charge in [0.05, 0.1) is 5.92 Å². The molecule has 0 radical (unpaired) electrons.